The highest BCUT2D eigenvalue weighted by Crippen LogP contribution is 2.21. The Balaban J connectivity index is 2.30. The van der Waals surface area contributed by atoms with E-state index in [1.807, 2.05) is 7.05 Å². The molecule has 0 radical (unpaired) electrons. The largest absolute Gasteiger partial charge is 0.315 e. The Morgan fingerprint density at radius 1 is 1.06 bits per heavy atom. The summed E-state index contributed by atoms with van der Waals surface area (Å²) in [4.78, 5) is 0. The second-order valence-corrected chi connectivity index (χ2v) is 4.76. The van der Waals surface area contributed by atoms with Gasteiger partial charge in [0.05, 0.1) is 0 Å². The van der Waals surface area contributed by atoms with Crippen molar-refractivity contribution in [1.29, 1.82) is 0 Å². The first kappa shape index (κ1) is 13.1. The van der Waals surface area contributed by atoms with Crippen molar-refractivity contribution in [3.05, 3.63) is 47.5 Å². The lowest BCUT2D eigenvalue weighted by atomic mass is 10.0. The lowest BCUT2D eigenvalue weighted by molar-refractivity contribution is 0.539. The average Bonchev–Trinajstić information content (AvgIpc) is 2.39. The maximum absolute atomic E-state index is 3.39. The Kier molecular flexibility index (Phi) is 4.34. The van der Waals surface area contributed by atoms with E-state index >= 15 is 0 Å². The van der Waals surface area contributed by atoms with Gasteiger partial charge in [0.2, 0.25) is 0 Å². The maximum Gasteiger partial charge on any atom is 0.0444 e. The first-order valence-corrected chi connectivity index (χ1v) is 6.63. The molecule has 2 aromatic rings. The van der Waals surface area contributed by atoms with Crippen LogP contribution in [0.2, 0.25) is 0 Å². The van der Waals surface area contributed by atoms with E-state index in [0.717, 1.165) is 13.1 Å². The second-order valence-electron chi connectivity index (χ2n) is 4.76. The van der Waals surface area contributed by atoms with E-state index in [4.69, 9.17) is 0 Å². The molecule has 0 saturated carbocycles. The van der Waals surface area contributed by atoms with Gasteiger partial charge in [-0.2, -0.15) is 0 Å². The quantitative estimate of drug-likeness (QED) is 0.842. The number of fused-ring (bicyclic) bond motifs is 1. The molecule has 0 amide bonds. The third-order valence-electron chi connectivity index (χ3n) is 3.37. The fourth-order valence-corrected chi connectivity index (χ4v) is 2.28. The highest BCUT2D eigenvalue weighted by Gasteiger charge is 2.08. The zero-order valence-corrected chi connectivity index (χ0v) is 11.5. The van der Waals surface area contributed by atoms with Gasteiger partial charge in [-0.3, -0.25) is 0 Å². The number of hydrogen-bond acceptors (Lipinski definition) is 2. The number of benzene rings is 2. The molecule has 1 atom stereocenters. The summed E-state index contributed by atoms with van der Waals surface area (Å²) in [6, 6.07) is 13.7. The van der Waals surface area contributed by atoms with Gasteiger partial charge >= 0.3 is 0 Å². The van der Waals surface area contributed by atoms with Crippen LogP contribution in [0.25, 0.3) is 10.8 Å². The van der Waals surface area contributed by atoms with Gasteiger partial charge < -0.3 is 10.6 Å². The predicted molar refractivity (Wildman–Crippen MR) is 79.0 cm³/mol. The minimum atomic E-state index is 0.371. The summed E-state index contributed by atoms with van der Waals surface area (Å²) in [5, 5.41) is 9.39. The molecule has 96 valence electrons. The maximum atomic E-state index is 3.39. The average molecular weight is 242 g/mol. The fraction of sp³-hybridized carbons (Fsp3) is 0.375. The SMILES string of the molecule is CCNCC(NC)c1ccc2cc(C)ccc2c1. The van der Waals surface area contributed by atoms with Gasteiger partial charge in [-0.1, -0.05) is 42.8 Å². The topological polar surface area (TPSA) is 24.1 Å². The number of likely N-dealkylation sites (N-methyl/N-ethyl adjacent to an activating group) is 2. The van der Waals surface area contributed by atoms with Crippen LogP contribution in [-0.2, 0) is 0 Å². The molecule has 0 heterocycles. The summed E-state index contributed by atoms with van der Waals surface area (Å²) in [6.07, 6.45) is 0. The van der Waals surface area contributed by atoms with Crippen LogP contribution in [0.4, 0.5) is 0 Å². The predicted octanol–water partition coefficient (Wildman–Crippen LogP) is 3.02. The third-order valence-corrected chi connectivity index (χ3v) is 3.37. The summed E-state index contributed by atoms with van der Waals surface area (Å²) < 4.78 is 0. The standard InChI is InChI=1S/C16H22N2/c1-4-18-11-16(17-3)15-8-7-13-9-12(2)5-6-14(13)10-15/h5-10,16-18H,4,11H2,1-3H3. The Bertz CT molecular complexity index is 519. The summed E-state index contributed by atoms with van der Waals surface area (Å²) in [7, 11) is 2.02. The molecule has 1 unspecified atom stereocenters. The van der Waals surface area contributed by atoms with Crippen LogP contribution in [0, 0.1) is 6.92 Å². The molecule has 0 fully saturated rings. The Labute approximate surface area is 109 Å². The number of hydrogen-bond donors (Lipinski definition) is 2. The van der Waals surface area contributed by atoms with Crippen molar-refractivity contribution in [2.24, 2.45) is 0 Å². The lowest BCUT2D eigenvalue weighted by Gasteiger charge is -2.17. The Hall–Kier alpha value is -1.38. The smallest absolute Gasteiger partial charge is 0.0444 e. The van der Waals surface area contributed by atoms with Crippen LogP contribution in [0.5, 0.6) is 0 Å². The van der Waals surface area contributed by atoms with Gasteiger partial charge in [-0.05, 0) is 42.9 Å². The van der Waals surface area contributed by atoms with E-state index in [0.29, 0.717) is 6.04 Å². The minimum absolute atomic E-state index is 0.371. The molecular formula is C16H22N2. The van der Waals surface area contributed by atoms with Crippen LogP contribution in [0.15, 0.2) is 36.4 Å². The molecule has 2 N–H and O–H groups in total. The third kappa shape index (κ3) is 2.89. The van der Waals surface area contributed by atoms with Crippen LogP contribution in [-0.4, -0.2) is 20.1 Å². The summed E-state index contributed by atoms with van der Waals surface area (Å²) >= 11 is 0. The van der Waals surface area contributed by atoms with E-state index in [-0.39, 0.29) is 0 Å². The van der Waals surface area contributed by atoms with E-state index in [9.17, 15) is 0 Å². The van der Waals surface area contributed by atoms with Crippen LogP contribution < -0.4 is 10.6 Å². The fourth-order valence-electron chi connectivity index (χ4n) is 2.28. The monoisotopic (exact) mass is 242 g/mol. The molecule has 0 aliphatic carbocycles. The molecule has 0 spiro atoms. The molecule has 2 nitrogen and oxygen atoms in total. The number of rotatable bonds is 5. The van der Waals surface area contributed by atoms with Crippen LogP contribution >= 0.6 is 0 Å². The molecule has 18 heavy (non-hydrogen) atoms. The minimum Gasteiger partial charge on any atom is -0.315 e. The molecular weight excluding hydrogens is 220 g/mol. The summed E-state index contributed by atoms with van der Waals surface area (Å²) in [6.45, 7) is 6.24. The Morgan fingerprint density at radius 2 is 1.78 bits per heavy atom. The lowest BCUT2D eigenvalue weighted by Crippen LogP contribution is -2.29. The van der Waals surface area contributed by atoms with Gasteiger partial charge in [-0.25, -0.2) is 0 Å². The molecule has 2 aromatic carbocycles. The van der Waals surface area contributed by atoms with Crippen molar-refractivity contribution < 1.29 is 0 Å². The summed E-state index contributed by atoms with van der Waals surface area (Å²) in [5.74, 6) is 0. The van der Waals surface area contributed by atoms with E-state index in [1.165, 1.54) is 21.9 Å². The molecule has 0 aliphatic rings. The molecule has 0 aliphatic heterocycles. The van der Waals surface area contributed by atoms with Gasteiger partial charge in [0, 0.05) is 12.6 Å². The normalized spacial score (nSPS) is 12.8. The number of nitrogens with one attached hydrogen (secondary N) is 2. The molecule has 2 heteroatoms. The van der Waals surface area contributed by atoms with Crippen molar-refractivity contribution in [3.63, 3.8) is 0 Å². The number of aryl methyl sites for hydroxylation is 1. The van der Waals surface area contributed by atoms with Gasteiger partial charge in [0.15, 0.2) is 0 Å². The zero-order chi connectivity index (χ0) is 13.0. The van der Waals surface area contributed by atoms with Crippen molar-refractivity contribution in [1.82, 2.24) is 10.6 Å². The van der Waals surface area contributed by atoms with Gasteiger partial charge in [0.1, 0.15) is 0 Å². The highest BCUT2D eigenvalue weighted by molar-refractivity contribution is 5.83. The Morgan fingerprint density at radius 3 is 2.50 bits per heavy atom. The van der Waals surface area contributed by atoms with E-state index in [2.05, 4.69) is 60.9 Å². The van der Waals surface area contributed by atoms with E-state index < -0.39 is 0 Å². The van der Waals surface area contributed by atoms with Crippen molar-refractivity contribution in [3.8, 4) is 0 Å². The first-order chi connectivity index (χ1) is 8.74. The van der Waals surface area contributed by atoms with Gasteiger partial charge in [-0.15, -0.1) is 0 Å². The van der Waals surface area contributed by atoms with Gasteiger partial charge in [0.25, 0.3) is 0 Å². The van der Waals surface area contributed by atoms with Crippen LogP contribution in [0.1, 0.15) is 24.1 Å². The van der Waals surface area contributed by atoms with Crippen molar-refractivity contribution >= 4 is 10.8 Å². The molecule has 0 saturated heterocycles. The molecule has 2 rings (SSSR count). The van der Waals surface area contributed by atoms with Crippen LogP contribution in [0.3, 0.4) is 0 Å². The second kappa shape index (κ2) is 5.98. The van der Waals surface area contributed by atoms with Crippen molar-refractivity contribution in [2.45, 2.75) is 19.9 Å². The first-order valence-electron chi connectivity index (χ1n) is 6.63. The highest BCUT2D eigenvalue weighted by atomic mass is 15.0. The van der Waals surface area contributed by atoms with Crippen molar-refractivity contribution in [2.75, 3.05) is 20.1 Å². The van der Waals surface area contributed by atoms with E-state index in [1.54, 1.807) is 0 Å². The zero-order valence-electron chi connectivity index (χ0n) is 11.5. The summed E-state index contributed by atoms with van der Waals surface area (Å²) in [5.41, 5.74) is 2.66. The molecule has 0 aromatic heterocycles. The molecule has 0 bridgehead atoms.